The van der Waals surface area contributed by atoms with Gasteiger partial charge in [0.15, 0.2) is 0 Å². The third-order valence-corrected chi connectivity index (χ3v) is 4.05. The molecule has 6 heteroatoms. The predicted octanol–water partition coefficient (Wildman–Crippen LogP) is 2.81. The number of likely N-dealkylation sites (tertiary alicyclic amines) is 1. The van der Waals surface area contributed by atoms with Gasteiger partial charge in [-0.25, -0.2) is 4.98 Å². The summed E-state index contributed by atoms with van der Waals surface area (Å²) in [4.78, 5) is 11.2. The maximum Gasteiger partial charge on any atom is 0.224 e. The van der Waals surface area contributed by atoms with E-state index < -0.39 is 0 Å². The number of halogens is 1. The van der Waals surface area contributed by atoms with E-state index in [9.17, 15) is 0 Å². The van der Waals surface area contributed by atoms with Gasteiger partial charge in [-0.3, -0.25) is 0 Å². The van der Waals surface area contributed by atoms with Gasteiger partial charge in [-0.05, 0) is 54.7 Å². The third-order valence-electron chi connectivity index (χ3n) is 3.47. The van der Waals surface area contributed by atoms with E-state index in [-0.39, 0.29) is 0 Å². The third kappa shape index (κ3) is 4.59. The SMILES string of the molecule is CCNc1ncc(Br)c(NCC(C)CN2CCCC2)n1. The van der Waals surface area contributed by atoms with Crippen LogP contribution in [0, 0.1) is 5.92 Å². The first kappa shape index (κ1) is 15.5. The van der Waals surface area contributed by atoms with Crippen LogP contribution in [0.3, 0.4) is 0 Å². The molecular formula is C14H24BrN5. The van der Waals surface area contributed by atoms with Crippen LogP contribution in [0.2, 0.25) is 0 Å². The maximum absolute atomic E-state index is 4.47. The Kier molecular flexibility index (Phi) is 6.04. The number of hydrogen-bond acceptors (Lipinski definition) is 5. The van der Waals surface area contributed by atoms with Crippen LogP contribution < -0.4 is 10.6 Å². The molecule has 0 spiro atoms. The summed E-state index contributed by atoms with van der Waals surface area (Å²) in [6.45, 7) is 9.75. The van der Waals surface area contributed by atoms with Gasteiger partial charge in [0.25, 0.3) is 0 Å². The lowest BCUT2D eigenvalue weighted by atomic mass is 10.1. The van der Waals surface area contributed by atoms with Crippen molar-refractivity contribution in [2.45, 2.75) is 26.7 Å². The van der Waals surface area contributed by atoms with Crippen LogP contribution in [0.25, 0.3) is 0 Å². The highest BCUT2D eigenvalue weighted by Gasteiger charge is 2.15. The highest BCUT2D eigenvalue weighted by Crippen LogP contribution is 2.20. The molecule has 20 heavy (non-hydrogen) atoms. The summed E-state index contributed by atoms with van der Waals surface area (Å²) in [7, 11) is 0. The first-order valence-corrected chi connectivity index (χ1v) is 8.21. The summed E-state index contributed by atoms with van der Waals surface area (Å²) < 4.78 is 0.910. The lowest BCUT2D eigenvalue weighted by Crippen LogP contribution is -2.29. The van der Waals surface area contributed by atoms with E-state index >= 15 is 0 Å². The zero-order valence-corrected chi connectivity index (χ0v) is 13.9. The molecule has 0 amide bonds. The first-order valence-electron chi connectivity index (χ1n) is 7.41. The fourth-order valence-corrected chi connectivity index (χ4v) is 2.81. The molecule has 1 aliphatic heterocycles. The molecule has 0 bridgehead atoms. The minimum atomic E-state index is 0.609. The Bertz CT molecular complexity index is 420. The average molecular weight is 342 g/mol. The fraction of sp³-hybridized carbons (Fsp3) is 0.714. The van der Waals surface area contributed by atoms with Crippen LogP contribution >= 0.6 is 15.9 Å². The average Bonchev–Trinajstić information content (AvgIpc) is 2.92. The summed E-state index contributed by atoms with van der Waals surface area (Å²) in [6.07, 6.45) is 4.49. The van der Waals surface area contributed by atoms with Crippen LogP contribution in [0.4, 0.5) is 11.8 Å². The van der Waals surface area contributed by atoms with Crippen molar-refractivity contribution in [1.82, 2.24) is 14.9 Å². The van der Waals surface area contributed by atoms with Crippen LogP contribution in [0.1, 0.15) is 26.7 Å². The Morgan fingerprint density at radius 3 is 2.80 bits per heavy atom. The van der Waals surface area contributed by atoms with Gasteiger partial charge in [-0.1, -0.05) is 6.92 Å². The van der Waals surface area contributed by atoms with Crippen molar-refractivity contribution in [1.29, 1.82) is 0 Å². The standard InChI is InChI=1S/C14H24BrN5/c1-3-16-14-18-9-12(15)13(19-14)17-8-11(2)10-20-6-4-5-7-20/h9,11H,3-8,10H2,1-2H3,(H2,16,17,18,19). The number of hydrogen-bond donors (Lipinski definition) is 2. The van der Waals surface area contributed by atoms with Gasteiger partial charge in [-0.15, -0.1) is 0 Å². The molecule has 1 saturated heterocycles. The van der Waals surface area contributed by atoms with Crippen LogP contribution in [-0.2, 0) is 0 Å². The molecule has 1 unspecified atom stereocenters. The maximum atomic E-state index is 4.47. The van der Waals surface area contributed by atoms with Crippen LogP contribution in [0.15, 0.2) is 10.7 Å². The second-order valence-electron chi connectivity index (χ2n) is 5.41. The summed E-state index contributed by atoms with van der Waals surface area (Å²) in [5.74, 6) is 2.15. The summed E-state index contributed by atoms with van der Waals surface area (Å²) in [6, 6.07) is 0. The van der Waals surface area contributed by atoms with Gasteiger partial charge >= 0.3 is 0 Å². The van der Waals surface area contributed by atoms with E-state index in [1.807, 2.05) is 6.92 Å². The Morgan fingerprint density at radius 1 is 1.35 bits per heavy atom. The topological polar surface area (TPSA) is 53.1 Å². The molecule has 0 aromatic carbocycles. The van der Waals surface area contributed by atoms with Gasteiger partial charge in [0, 0.05) is 25.8 Å². The molecule has 2 N–H and O–H groups in total. The molecule has 0 saturated carbocycles. The van der Waals surface area contributed by atoms with E-state index in [0.717, 1.165) is 29.9 Å². The smallest absolute Gasteiger partial charge is 0.224 e. The van der Waals surface area contributed by atoms with Gasteiger partial charge in [-0.2, -0.15) is 4.98 Å². The molecule has 1 aliphatic rings. The van der Waals surface area contributed by atoms with Gasteiger partial charge in [0.2, 0.25) is 5.95 Å². The molecule has 0 aliphatic carbocycles. The van der Waals surface area contributed by atoms with Crippen molar-refractivity contribution in [2.24, 2.45) is 5.92 Å². The monoisotopic (exact) mass is 341 g/mol. The van der Waals surface area contributed by atoms with Crippen molar-refractivity contribution in [3.8, 4) is 0 Å². The summed E-state index contributed by atoms with van der Waals surface area (Å²) in [5.41, 5.74) is 0. The lowest BCUT2D eigenvalue weighted by Gasteiger charge is -2.21. The van der Waals surface area contributed by atoms with Crippen molar-refractivity contribution >= 4 is 27.7 Å². The molecule has 112 valence electrons. The summed E-state index contributed by atoms with van der Waals surface area (Å²) >= 11 is 3.49. The minimum Gasteiger partial charge on any atom is -0.369 e. The minimum absolute atomic E-state index is 0.609. The largest absolute Gasteiger partial charge is 0.369 e. The normalized spacial score (nSPS) is 17.1. The van der Waals surface area contributed by atoms with E-state index in [2.05, 4.69) is 48.4 Å². The van der Waals surface area contributed by atoms with E-state index in [1.54, 1.807) is 6.20 Å². The lowest BCUT2D eigenvalue weighted by molar-refractivity contribution is 0.294. The number of rotatable bonds is 7. The number of nitrogens with one attached hydrogen (secondary N) is 2. The Labute approximate surface area is 129 Å². The Hall–Kier alpha value is -0.880. The fourth-order valence-electron chi connectivity index (χ4n) is 2.48. The predicted molar refractivity (Wildman–Crippen MR) is 87.2 cm³/mol. The first-order chi connectivity index (χ1) is 9.69. The van der Waals surface area contributed by atoms with E-state index in [4.69, 9.17) is 0 Å². The van der Waals surface area contributed by atoms with Crippen LogP contribution in [0.5, 0.6) is 0 Å². The van der Waals surface area contributed by atoms with Crippen molar-refractivity contribution in [2.75, 3.05) is 43.4 Å². The zero-order valence-electron chi connectivity index (χ0n) is 12.3. The second-order valence-corrected chi connectivity index (χ2v) is 6.27. The Balaban J connectivity index is 1.84. The molecule has 0 radical (unpaired) electrons. The highest BCUT2D eigenvalue weighted by atomic mass is 79.9. The highest BCUT2D eigenvalue weighted by molar-refractivity contribution is 9.10. The van der Waals surface area contributed by atoms with Gasteiger partial charge in [0.1, 0.15) is 5.82 Å². The zero-order chi connectivity index (χ0) is 14.4. The number of aromatic nitrogens is 2. The number of anilines is 2. The quantitative estimate of drug-likeness (QED) is 0.798. The van der Waals surface area contributed by atoms with E-state index in [1.165, 1.54) is 25.9 Å². The molecule has 1 aromatic rings. The van der Waals surface area contributed by atoms with Crippen molar-refractivity contribution < 1.29 is 0 Å². The van der Waals surface area contributed by atoms with Crippen molar-refractivity contribution in [3.05, 3.63) is 10.7 Å². The molecular weight excluding hydrogens is 318 g/mol. The molecule has 1 fully saturated rings. The van der Waals surface area contributed by atoms with Gasteiger partial charge < -0.3 is 15.5 Å². The molecule has 1 aromatic heterocycles. The molecule has 2 rings (SSSR count). The molecule has 2 heterocycles. The molecule has 1 atom stereocenters. The molecule has 5 nitrogen and oxygen atoms in total. The number of nitrogens with zero attached hydrogens (tertiary/aromatic N) is 3. The van der Waals surface area contributed by atoms with E-state index in [0.29, 0.717) is 11.9 Å². The van der Waals surface area contributed by atoms with Gasteiger partial charge in [0.05, 0.1) is 4.47 Å². The van der Waals surface area contributed by atoms with Crippen molar-refractivity contribution in [3.63, 3.8) is 0 Å². The Morgan fingerprint density at radius 2 is 2.10 bits per heavy atom. The van der Waals surface area contributed by atoms with Crippen LogP contribution in [-0.4, -0.2) is 47.6 Å². The second kappa shape index (κ2) is 7.78. The summed E-state index contributed by atoms with van der Waals surface area (Å²) in [5, 5.41) is 6.55.